The molecule has 3 aromatic rings. The van der Waals surface area contributed by atoms with Crippen LogP contribution in [0.5, 0.6) is 0 Å². The first-order valence-corrected chi connectivity index (χ1v) is 8.30. The van der Waals surface area contributed by atoms with Crippen molar-refractivity contribution >= 4 is 35.0 Å². The van der Waals surface area contributed by atoms with Gasteiger partial charge in [-0.3, -0.25) is 4.79 Å². The number of amides is 1. The van der Waals surface area contributed by atoms with Crippen molar-refractivity contribution < 1.29 is 4.79 Å². The van der Waals surface area contributed by atoms with Crippen LogP contribution in [0.4, 0.5) is 5.69 Å². The van der Waals surface area contributed by atoms with E-state index in [0.29, 0.717) is 16.7 Å². The molecule has 3 N–H and O–H groups in total. The van der Waals surface area contributed by atoms with Crippen LogP contribution in [0.15, 0.2) is 53.8 Å². The standard InChI is InChI=1S/C15H13ClN6OS/c16-13-11(7-4-8-18-13)19-12(23)9-24-15-21-20-14(22(15)17)10-5-2-1-3-6-10/h1-8H,9,17H2,(H,19,23). The number of nitrogen functional groups attached to an aromatic ring is 1. The average molecular weight is 361 g/mol. The summed E-state index contributed by atoms with van der Waals surface area (Å²) in [6.45, 7) is 0. The second-order valence-corrected chi connectivity index (χ2v) is 6.02. The molecule has 0 aliphatic carbocycles. The van der Waals surface area contributed by atoms with Gasteiger partial charge >= 0.3 is 0 Å². The van der Waals surface area contributed by atoms with Crippen LogP contribution in [0.3, 0.4) is 0 Å². The van der Waals surface area contributed by atoms with Crippen LogP contribution in [0.25, 0.3) is 11.4 Å². The lowest BCUT2D eigenvalue weighted by Crippen LogP contribution is -2.16. The summed E-state index contributed by atoms with van der Waals surface area (Å²) >= 11 is 7.09. The Morgan fingerprint density at radius 2 is 2.00 bits per heavy atom. The minimum absolute atomic E-state index is 0.120. The van der Waals surface area contributed by atoms with Gasteiger partial charge in [-0.25, -0.2) is 9.66 Å². The van der Waals surface area contributed by atoms with Crippen LogP contribution in [0.1, 0.15) is 0 Å². The predicted molar refractivity (Wildman–Crippen MR) is 94.2 cm³/mol. The van der Waals surface area contributed by atoms with Crippen molar-refractivity contribution in [1.29, 1.82) is 0 Å². The molecule has 1 aromatic carbocycles. The van der Waals surface area contributed by atoms with E-state index in [-0.39, 0.29) is 16.8 Å². The van der Waals surface area contributed by atoms with E-state index in [4.69, 9.17) is 17.4 Å². The first-order chi connectivity index (χ1) is 11.6. The van der Waals surface area contributed by atoms with Crippen LogP contribution in [0.2, 0.25) is 5.15 Å². The lowest BCUT2D eigenvalue weighted by Gasteiger charge is -2.06. The largest absolute Gasteiger partial charge is 0.335 e. The van der Waals surface area contributed by atoms with Crippen molar-refractivity contribution in [3.63, 3.8) is 0 Å². The normalized spacial score (nSPS) is 10.5. The summed E-state index contributed by atoms with van der Waals surface area (Å²) in [5, 5.41) is 11.5. The number of pyridine rings is 1. The SMILES string of the molecule is Nn1c(SCC(=O)Nc2cccnc2Cl)nnc1-c1ccccc1. The summed E-state index contributed by atoms with van der Waals surface area (Å²) in [7, 11) is 0. The molecule has 0 unspecified atom stereocenters. The number of rotatable bonds is 5. The van der Waals surface area contributed by atoms with Gasteiger partial charge in [0.2, 0.25) is 11.1 Å². The third kappa shape index (κ3) is 3.66. The highest BCUT2D eigenvalue weighted by Crippen LogP contribution is 2.22. The summed E-state index contributed by atoms with van der Waals surface area (Å²) in [6.07, 6.45) is 1.55. The van der Waals surface area contributed by atoms with Crippen molar-refractivity contribution in [1.82, 2.24) is 19.9 Å². The van der Waals surface area contributed by atoms with Crippen molar-refractivity contribution in [2.75, 3.05) is 16.9 Å². The Morgan fingerprint density at radius 1 is 1.21 bits per heavy atom. The number of carbonyl (C=O) groups is 1. The van der Waals surface area contributed by atoms with Crippen LogP contribution in [-0.4, -0.2) is 31.5 Å². The molecule has 24 heavy (non-hydrogen) atoms. The van der Waals surface area contributed by atoms with Gasteiger partial charge < -0.3 is 11.2 Å². The molecule has 0 bridgehead atoms. The summed E-state index contributed by atoms with van der Waals surface area (Å²) in [5.74, 6) is 6.43. The van der Waals surface area contributed by atoms with Crippen LogP contribution in [-0.2, 0) is 4.79 Å². The summed E-state index contributed by atoms with van der Waals surface area (Å²) in [6, 6.07) is 12.8. The zero-order chi connectivity index (χ0) is 16.9. The highest BCUT2D eigenvalue weighted by Gasteiger charge is 2.14. The quantitative estimate of drug-likeness (QED) is 0.412. The lowest BCUT2D eigenvalue weighted by atomic mass is 10.2. The fourth-order valence-electron chi connectivity index (χ4n) is 1.96. The number of benzene rings is 1. The number of carbonyl (C=O) groups excluding carboxylic acids is 1. The molecule has 2 aromatic heterocycles. The second-order valence-electron chi connectivity index (χ2n) is 4.72. The minimum atomic E-state index is -0.237. The van der Waals surface area contributed by atoms with E-state index in [0.717, 1.165) is 5.56 Å². The van der Waals surface area contributed by atoms with Gasteiger partial charge in [-0.2, -0.15) is 0 Å². The van der Waals surface area contributed by atoms with E-state index >= 15 is 0 Å². The van der Waals surface area contributed by atoms with E-state index in [9.17, 15) is 4.79 Å². The Balaban J connectivity index is 1.64. The second kappa shape index (κ2) is 7.33. The first kappa shape index (κ1) is 16.3. The molecule has 0 radical (unpaired) electrons. The molecular weight excluding hydrogens is 348 g/mol. The predicted octanol–water partition coefficient (Wildman–Crippen LogP) is 2.44. The van der Waals surface area contributed by atoms with E-state index in [1.807, 2.05) is 30.3 Å². The Kier molecular flexibility index (Phi) is 4.97. The molecule has 3 rings (SSSR count). The number of nitrogens with two attached hydrogens (primary N) is 1. The molecule has 7 nitrogen and oxygen atoms in total. The maximum atomic E-state index is 12.0. The van der Waals surface area contributed by atoms with E-state index in [2.05, 4.69) is 20.5 Å². The molecule has 0 atom stereocenters. The number of thioether (sulfide) groups is 1. The Labute approximate surface area is 147 Å². The van der Waals surface area contributed by atoms with Gasteiger partial charge in [-0.15, -0.1) is 10.2 Å². The average Bonchev–Trinajstić information content (AvgIpc) is 2.97. The third-order valence-corrected chi connectivity index (χ3v) is 4.31. The first-order valence-electron chi connectivity index (χ1n) is 6.94. The Bertz CT molecular complexity index is 854. The summed E-state index contributed by atoms with van der Waals surface area (Å²) in [4.78, 5) is 15.9. The third-order valence-electron chi connectivity index (χ3n) is 3.06. The molecule has 9 heteroatoms. The van der Waals surface area contributed by atoms with Crippen molar-refractivity contribution in [2.45, 2.75) is 5.16 Å². The zero-order valence-corrected chi connectivity index (χ0v) is 14.0. The van der Waals surface area contributed by atoms with E-state index in [1.54, 1.807) is 18.3 Å². The maximum absolute atomic E-state index is 12.0. The zero-order valence-electron chi connectivity index (χ0n) is 12.4. The van der Waals surface area contributed by atoms with E-state index < -0.39 is 0 Å². The molecule has 0 aliphatic rings. The monoisotopic (exact) mass is 360 g/mol. The number of nitrogens with zero attached hydrogens (tertiary/aromatic N) is 4. The molecule has 1 amide bonds. The number of hydrogen-bond acceptors (Lipinski definition) is 6. The van der Waals surface area contributed by atoms with Gasteiger partial charge in [0, 0.05) is 11.8 Å². The molecule has 0 spiro atoms. The fourth-order valence-corrected chi connectivity index (χ4v) is 2.78. The molecule has 0 saturated heterocycles. The smallest absolute Gasteiger partial charge is 0.234 e. The number of hydrogen-bond donors (Lipinski definition) is 2. The Hall–Kier alpha value is -2.58. The molecular formula is C15H13ClN6OS. The van der Waals surface area contributed by atoms with Crippen molar-refractivity contribution in [2.24, 2.45) is 0 Å². The maximum Gasteiger partial charge on any atom is 0.234 e. The minimum Gasteiger partial charge on any atom is -0.335 e. The van der Waals surface area contributed by atoms with Gasteiger partial charge in [0.15, 0.2) is 11.0 Å². The Morgan fingerprint density at radius 3 is 2.75 bits per heavy atom. The van der Waals surface area contributed by atoms with Crippen LogP contribution < -0.4 is 11.2 Å². The lowest BCUT2D eigenvalue weighted by molar-refractivity contribution is -0.113. The summed E-state index contributed by atoms with van der Waals surface area (Å²) in [5.41, 5.74) is 1.31. The van der Waals surface area contributed by atoms with Crippen molar-refractivity contribution in [3.05, 3.63) is 53.8 Å². The van der Waals surface area contributed by atoms with Crippen LogP contribution in [0, 0.1) is 0 Å². The van der Waals surface area contributed by atoms with Crippen LogP contribution >= 0.6 is 23.4 Å². The van der Waals surface area contributed by atoms with Gasteiger partial charge in [0.05, 0.1) is 11.4 Å². The summed E-state index contributed by atoms with van der Waals surface area (Å²) < 4.78 is 1.37. The highest BCUT2D eigenvalue weighted by atomic mass is 35.5. The topological polar surface area (TPSA) is 98.7 Å². The molecule has 0 fully saturated rings. The van der Waals surface area contributed by atoms with Gasteiger partial charge in [-0.05, 0) is 12.1 Å². The number of aromatic nitrogens is 4. The highest BCUT2D eigenvalue weighted by molar-refractivity contribution is 7.99. The number of anilines is 1. The molecule has 0 saturated carbocycles. The van der Waals surface area contributed by atoms with Gasteiger partial charge in [0.25, 0.3) is 0 Å². The van der Waals surface area contributed by atoms with Crippen molar-refractivity contribution in [3.8, 4) is 11.4 Å². The number of nitrogens with one attached hydrogen (secondary N) is 1. The molecule has 122 valence electrons. The fraction of sp³-hybridized carbons (Fsp3) is 0.0667. The molecule has 2 heterocycles. The van der Waals surface area contributed by atoms with Gasteiger partial charge in [0.1, 0.15) is 0 Å². The van der Waals surface area contributed by atoms with Gasteiger partial charge in [-0.1, -0.05) is 53.7 Å². The molecule has 0 aliphatic heterocycles. The van der Waals surface area contributed by atoms with E-state index in [1.165, 1.54) is 16.4 Å². The number of halogens is 1.